The second-order valence-electron chi connectivity index (χ2n) is 34.7. The molecule has 9 aromatic rings. The van der Waals surface area contributed by atoms with Gasteiger partial charge in [0, 0.05) is 25.3 Å². The standard InChI is InChI=1S/C53H71N6O11P.C44H64N5O9P/c1-4-5-6-7-8-9-10-11-12-13-14-15-16-17-18-21-32-63-35-45(64-34-40-24-25-41-22-19-20-23-42(41)33-40)36-65-71(62,70-44-28-26-43(27-29-44)59(60)61)66-37-47-49-50(69-52(2,3)68-49)53(38-54,67-47)48-31-30-46-51(55)56-39-57-58(46)48;1-2-3-4-5-6-7-8-9-10-11-12-13-14-15-16-19-26-54-29-37(55-28-34-22-23-35-20-17-18-21-36(35)27-34)30-56-59(52,53)57-31-39-41(50)42(51)44(32-45,58-39)40-25-24-38-43(46)47-33-48-49(38)40/h19-20,22-31,33,39,45,47,49-50H,4-18,21,32,34-37H2,1-3H3,(H2,55,56,57);17-18,20-25,27,33,37,39,41-42,50-51H,2-16,19,26,28-31H2,1H3,(H,52,53)(H2,46,47,48)/t45-,47-,49-,50-,53+,71?;37-,39-,41-,42-,44+/m11/s1. The van der Waals surface area contributed by atoms with Gasteiger partial charge in [-0.15, -0.1) is 0 Å². The van der Waals surface area contributed by atoms with Crippen molar-refractivity contribution in [3.8, 4) is 17.9 Å². The zero-order chi connectivity index (χ0) is 92.0. The summed E-state index contributed by atoms with van der Waals surface area (Å²) in [6.45, 7) is 7.97. The number of aliphatic hydroxyl groups is 2. The van der Waals surface area contributed by atoms with Crippen LogP contribution in [0.3, 0.4) is 0 Å². The van der Waals surface area contributed by atoms with Crippen molar-refractivity contribution in [2.75, 3.05) is 64.3 Å². The Balaban J connectivity index is 0.000000256. The van der Waals surface area contributed by atoms with E-state index in [2.05, 4.69) is 46.1 Å². The molecular weight excluding hydrogens is 1700 g/mol. The van der Waals surface area contributed by atoms with Crippen molar-refractivity contribution in [2.45, 2.75) is 312 Å². The summed E-state index contributed by atoms with van der Waals surface area (Å²) in [4.78, 5) is 29.6. The number of nitrogens with two attached hydrogens (primary N) is 2. The summed E-state index contributed by atoms with van der Waals surface area (Å²) in [7, 11) is -9.37. The van der Waals surface area contributed by atoms with Gasteiger partial charge in [0.25, 0.3) is 5.69 Å². The fraction of sp³-hybridized carbons (Fsp3) is 0.588. The number of fused-ring (bicyclic) bond motifs is 5. The Kier molecular flexibility index (Phi) is 41.0. The Labute approximate surface area is 764 Å². The summed E-state index contributed by atoms with van der Waals surface area (Å²) < 4.78 is 109. The van der Waals surface area contributed by atoms with Crippen molar-refractivity contribution in [3.63, 3.8) is 0 Å². The van der Waals surface area contributed by atoms with Gasteiger partial charge in [0.05, 0.1) is 69.2 Å². The van der Waals surface area contributed by atoms with Crippen LogP contribution in [0.15, 0.2) is 146 Å². The summed E-state index contributed by atoms with van der Waals surface area (Å²) in [6, 6.07) is 43.8. The Morgan fingerprint density at radius 1 is 0.500 bits per heavy atom. The van der Waals surface area contributed by atoms with Crippen LogP contribution >= 0.6 is 15.6 Å². The molecule has 12 atom stereocenters. The molecule has 3 aliphatic heterocycles. The lowest BCUT2D eigenvalue weighted by atomic mass is 9.92. The number of hydrogen-bond donors (Lipinski definition) is 5. The highest BCUT2D eigenvalue weighted by atomic mass is 31.2. The van der Waals surface area contributed by atoms with Gasteiger partial charge in [-0.05, 0) is 108 Å². The zero-order valence-corrected chi connectivity index (χ0v) is 77.8. The number of benzene rings is 5. The summed E-state index contributed by atoms with van der Waals surface area (Å²) in [6.07, 6.45) is 34.3. The van der Waals surface area contributed by atoms with Crippen molar-refractivity contribution >= 4 is 65.5 Å². The van der Waals surface area contributed by atoms with Gasteiger partial charge in [-0.1, -0.05) is 279 Å². The van der Waals surface area contributed by atoms with Gasteiger partial charge in [-0.2, -0.15) is 20.7 Å². The molecule has 0 bridgehead atoms. The third-order valence-corrected chi connectivity index (χ3v) is 26.5. The predicted molar refractivity (Wildman–Crippen MR) is 496 cm³/mol. The van der Waals surface area contributed by atoms with Crippen molar-refractivity contribution in [2.24, 2.45) is 0 Å². The highest BCUT2D eigenvalue weighted by Crippen LogP contribution is 2.54. The molecule has 31 nitrogen and oxygen atoms in total. The Morgan fingerprint density at radius 2 is 0.915 bits per heavy atom. The monoisotopic (exact) mass is 1840 g/mol. The van der Waals surface area contributed by atoms with E-state index in [0.717, 1.165) is 71.2 Å². The highest BCUT2D eigenvalue weighted by molar-refractivity contribution is 7.49. The number of nitro benzene ring substituents is 1. The smallest absolute Gasteiger partial charge is 0.404 e. The number of nitrogen functional groups attached to an aromatic ring is 2. The molecule has 0 aliphatic carbocycles. The predicted octanol–water partition coefficient (Wildman–Crippen LogP) is 20.4. The largest absolute Gasteiger partial charge is 0.530 e. The number of nitriles is 2. The number of phosphoric acid groups is 2. The van der Waals surface area contributed by atoms with Crippen LogP contribution < -0.4 is 16.0 Å². The number of unbranched alkanes of at least 4 members (excludes halogenated alkanes) is 30. The number of anilines is 2. The van der Waals surface area contributed by atoms with Crippen molar-refractivity contribution in [1.82, 2.24) is 29.2 Å². The molecule has 0 spiro atoms. The maximum Gasteiger partial charge on any atom is 0.530 e. The van der Waals surface area contributed by atoms with Gasteiger partial charge < -0.3 is 69.0 Å². The molecule has 0 amide bonds. The molecule has 3 aliphatic rings. The fourth-order valence-corrected chi connectivity index (χ4v) is 18.9. The van der Waals surface area contributed by atoms with Gasteiger partial charge in [0.15, 0.2) is 17.4 Å². The molecule has 12 rings (SSSR count). The van der Waals surface area contributed by atoms with E-state index >= 15 is 0 Å². The van der Waals surface area contributed by atoms with Gasteiger partial charge in [-0.25, -0.2) is 28.1 Å². The van der Waals surface area contributed by atoms with Crippen LogP contribution in [0, 0.1) is 32.8 Å². The van der Waals surface area contributed by atoms with E-state index in [1.807, 2.05) is 84.9 Å². The average Bonchev–Trinajstić information content (AvgIpc) is 1.51. The average molecular weight is 1840 g/mol. The minimum atomic E-state index is -4.74. The maximum atomic E-state index is 14.9. The summed E-state index contributed by atoms with van der Waals surface area (Å²) >= 11 is 0. The lowest BCUT2D eigenvalue weighted by Gasteiger charge is -2.29. The number of aromatic nitrogens is 6. The first-order valence-corrected chi connectivity index (χ1v) is 49.9. The van der Waals surface area contributed by atoms with E-state index in [0.29, 0.717) is 29.9 Å². The van der Waals surface area contributed by atoms with Gasteiger partial charge in [-0.3, -0.25) is 28.2 Å². The van der Waals surface area contributed by atoms with Crippen molar-refractivity contribution < 1.29 is 89.7 Å². The molecule has 7 heterocycles. The van der Waals surface area contributed by atoms with Crippen LogP contribution in [-0.4, -0.2) is 157 Å². The minimum absolute atomic E-state index is 0.0117. The minimum Gasteiger partial charge on any atom is -0.404 e. The van der Waals surface area contributed by atoms with E-state index in [-0.39, 0.29) is 68.4 Å². The second-order valence-corrected chi connectivity index (χ2v) is 37.8. The van der Waals surface area contributed by atoms with Gasteiger partial charge >= 0.3 is 15.6 Å². The van der Waals surface area contributed by atoms with Gasteiger partial charge in [0.1, 0.15) is 90.4 Å². The number of rotatable bonds is 61. The first kappa shape index (κ1) is 102. The Morgan fingerprint density at radius 3 is 1.36 bits per heavy atom. The number of nitrogens with zero attached hydrogens (tertiary/aromatic N) is 9. The maximum absolute atomic E-state index is 14.9. The molecule has 5 aromatic carbocycles. The number of nitro groups is 1. The highest BCUT2D eigenvalue weighted by Gasteiger charge is 2.66. The molecular formula is C97H135N11O20P2. The molecule has 708 valence electrons. The molecule has 7 N–H and O–H groups in total. The lowest BCUT2D eigenvalue weighted by Crippen LogP contribution is -2.41. The Bertz CT molecular complexity index is 5110. The normalized spacial score (nSPS) is 20.8. The van der Waals surface area contributed by atoms with Crippen LogP contribution in [0.1, 0.15) is 256 Å². The van der Waals surface area contributed by atoms with E-state index in [9.17, 15) is 44.9 Å². The lowest BCUT2D eigenvalue weighted by molar-refractivity contribution is -0.384. The Hall–Kier alpha value is -8.50. The number of phosphoric ester groups is 2. The molecule has 33 heteroatoms. The summed E-state index contributed by atoms with van der Waals surface area (Å²) in [5.74, 6) is -0.819. The number of hydrogen-bond acceptors (Lipinski definition) is 27. The molecule has 0 saturated carbocycles. The number of aliphatic hydroxyl groups excluding tert-OH is 2. The van der Waals surface area contributed by atoms with Crippen LogP contribution in [0.4, 0.5) is 17.3 Å². The van der Waals surface area contributed by atoms with Crippen LogP contribution in [0.25, 0.3) is 32.6 Å². The second kappa shape index (κ2) is 52.2. The summed E-state index contributed by atoms with van der Waals surface area (Å²) in [5.41, 5.74) is 11.1. The molecule has 3 saturated heterocycles. The zero-order valence-electron chi connectivity index (χ0n) is 76.0. The molecule has 130 heavy (non-hydrogen) atoms. The first-order valence-electron chi connectivity index (χ1n) is 47.0. The van der Waals surface area contributed by atoms with Gasteiger partial charge in [0.2, 0.25) is 11.2 Å². The topological polar surface area (TPSA) is 418 Å². The third-order valence-electron chi connectivity index (χ3n) is 24.1. The molecule has 3 fully saturated rings. The van der Waals surface area contributed by atoms with Crippen LogP contribution in [0.2, 0.25) is 0 Å². The third kappa shape index (κ3) is 30.0. The van der Waals surface area contributed by atoms with E-state index < -0.39 is 99.6 Å². The molecule has 0 radical (unpaired) electrons. The summed E-state index contributed by atoms with van der Waals surface area (Å²) in [5, 5.41) is 67.2. The first-order chi connectivity index (χ1) is 63.1. The van der Waals surface area contributed by atoms with Crippen LogP contribution in [0.5, 0.6) is 5.75 Å². The van der Waals surface area contributed by atoms with Crippen molar-refractivity contribution in [1.29, 1.82) is 10.5 Å². The molecule has 2 unspecified atom stereocenters. The molecule has 4 aromatic heterocycles. The number of ether oxygens (including phenoxy) is 8. The van der Waals surface area contributed by atoms with Crippen LogP contribution in [-0.2, 0) is 89.5 Å². The van der Waals surface area contributed by atoms with E-state index in [1.165, 1.54) is 219 Å². The number of non-ortho nitro benzene ring substituents is 1. The fourth-order valence-electron chi connectivity index (χ4n) is 16.9. The van der Waals surface area contributed by atoms with E-state index in [4.69, 9.17) is 72.0 Å². The SMILES string of the molecule is CCCCCCCCCCCCCCCCCCOC[C@H](COP(=O)(O)OC[C@H]1O[C@@](C#N)(c2ccc3c(N)ncnn23)[C@H](O)[C@@H]1O)OCc1ccc2ccccc2c1.CCCCCCCCCCCCCCCCCCOC[C@H](COP(=O)(OC[C@H]1O[C@@](C#N)(c2ccc3c(N)ncnn23)[C@@H]2OC(C)(C)O[C@@H]21)Oc1ccc([N+](=O)[O-])cc1)OCc1ccc2ccccc2c1. The van der Waals surface area contributed by atoms with Crippen molar-refractivity contribution in [3.05, 3.63) is 179 Å². The quantitative estimate of drug-likeness (QED) is 0.0102. The van der Waals surface area contributed by atoms with E-state index in [1.54, 1.807) is 32.0 Å².